The largest absolute Gasteiger partial charge is 0.476 e. The molecule has 0 spiro atoms. The Labute approximate surface area is 122 Å². The second kappa shape index (κ2) is 5.88. The second-order valence-electron chi connectivity index (χ2n) is 4.78. The van der Waals surface area contributed by atoms with E-state index in [1.165, 1.54) is 12.4 Å². The fourth-order valence-electron chi connectivity index (χ4n) is 2.32. The number of hydrogen-bond acceptors (Lipinski definition) is 5. The zero-order chi connectivity index (χ0) is 14.7. The molecule has 6 nitrogen and oxygen atoms in total. The summed E-state index contributed by atoms with van der Waals surface area (Å²) in [6, 6.07) is 10.0. The highest BCUT2D eigenvalue weighted by Crippen LogP contribution is 2.24. The molecule has 0 bridgehead atoms. The van der Waals surface area contributed by atoms with Gasteiger partial charge in [-0.3, -0.25) is 0 Å². The highest BCUT2D eigenvalue weighted by molar-refractivity contribution is 5.84. The van der Waals surface area contributed by atoms with Gasteiger partial charge >= 0.3 is 5.97 Å². The van der Waals surface area contributed by atoms with Crippen molar-refractivity contribution < 1.29 is 14.6 Å². The van der Waals surface area contributed by atoms with Crippen LogP contribution >= 0.6 is 0 Å². The monoisotopic (exact) mass is 285 g/mol. The van der Waals surface area contributed by atoms with Crippen molar-refractivity contribution in [2.75, 3.05) is 24.6 Å². The number of aromatic nitrogens is 2. The van der Waals surface area contributed by atoms with E-state index in [0.717, 1.165) is 5.56 Å². The Bertz CT molecular complexity index is 616. The second-order valence-corrected chi connectivity index (χ2v) is 4.78. The normalized spacial score (nSPS) is 18.5. The van der Waals surface area contributed by atoms with Gasteiger partial charge < -0.3 is 14.7 Å². The van der Waals surface area contributed by atoms with Gasteiger partial charge in [0.15, 0.2) is 5.69 Å². The van der Waals surface area contributed by atoms with Crippen LogP contribution in [0.5, 0.6) is 0 Å². The minimum Gasteiger partial charge on any atom is -0.476 e. The highest BCUT2D eigenvalue weighted by atomic mass is 16.5. The summed E-state index contributed by atoms with van der Waals surface area (Å²) in [6.45, 7) is 1.98. The number of nitrogens with zero attached hydrogens (tertiary/aromatic N) is 3. The third kappa shape index (κ3) is 3.00. The number of carboxylic acids is 1. The minimum absolute atomic E-state index is 0.0131. The van der Waals surface area contributed by atoms with Crippen molar-refractivity contribution in [3.8, 4) is 0 Å². The van der Waals surface area contributed by atoms with E-state index in [1.54, 1.807) is 0 Å². The van der Waals surface area contributed by atoms with Crippen LogP contribution in [-0.4, -0.2) is 40.7 Å². The quantitative estimate of drug-likeness (QED) is 0.926. The Morgan fingerprint density at radius 2 is 2.05 bits per heavy atom. The predicted molar refractivity (Wildman–Crippen MR) is 76.3 cm³/mol. The third-order valence-electron chi connectivity index (χ3n) is 3.42. The number of morpholine rings is 1. The van der Waals surface area contributed by atoms with Gasteiger partial charge in [-0.15, -0.1) is 0 Å². The fourth-order valence-corrected chi connectivity index (χ4v) is 2.32. The van der Waals surface area contributed by atoms with E-state index in [-0.39, 0.29) is 11.8 Å². The average Bonchev–Trinajstić information content (AvgIpc) is 2.56. The van der Waals surface area contributed by atoms with E-state index < -0.39 is 5.97 Å². The molecule has 108 valence electrons. The molecule has 1 atom stereocenters. The van der Waals surface area contributed by atoms with Gasteiger partial charge in [-0.1, -0.05) is 30.3 Å². The SMILES string of the molecule is O=C(O)c1cnc(N2CCOC(c3ccccc3)C2)cn1. The lowest BCUT2D eigenvalue weighted by molar-refractivity contribution is 0.0395. The zero-order valence-corrected chi connectivity index (χ0v) is 11.3. The summed E-state index contributed by atoms with van der Waals surface area (Å²) in [5.41, 5.74) is 1.07. The summed E-state index contributed by atoms with van der Waals surface area (Å²) in [5.74, 6) is -0.401. The topological polar surface area (TPSA) is 75.5 Å². The van der Waals surface area contributed by atoms with Gasteiger partial charge in [-0.05, 0) is 5.56 Å². The van der Waals surface area contributed by atoms with Crippen LogP contribution < -0.4 is 4.90 Å². The summed E-state index contributed by atoms with van der Waals surface area (Å²) in [6.07, 6.45) is 2.77. The number of hydrogen-bond donors (Lipinski definition) is 1. The molecule has 1 fully saturated rings. The van der Waals surface area contributed by atoms with Gasteiger partial charge in [-0.25, -0.2) is 14.8 Å². The van der Waals surface area contributed by atoms with Crippen molar-refractivity contribution >= 4 is 11.8 Å². The maximum atomic E-state index is 10.8. The Morgan fingerprint density at radius 3 is 2.71 bits per heavy atom. The molecule has 1 aliphatic heterocycles. The van der Waals surface area contributed by atoms with Crippen molar-refractivity contribution in [3.63, 3.8) is 0 Å². The van der Waals surface area contributed by atoms with Crippen molar-refractivity contribution in [1.29, 1.82) is 0 Å². The van der Waals surface area contributed by atoms with E-state index in [4.69, 9.17) is 9.84 Å². The van der Waals surface area contributed by atoms with Crippen molar-refractivity contribution in [1.82, 2.24) is 9.97 Å². The molecule has 1 unspecified atom stereocenters. The fraction of sp³-hybridized carbons (Fsp3) is 0.267. The third-order valence-corrected chi connectivity index (χ3v) is 3.42. The molecule has 1 saturated heterocycles. The van der Waals surface area contributed by atoms with Crippen molar-refractivity contribution in [3.05, 3.63) is 54.0 Å². The van der Waals surface area contributed by atoms with Crippen LogP contribution in [-0.2, 0) is 4.74 Å². The number of benzene rings is 1. The van der Waals surface area contributed by atoms with Crippen molar-refractivity contribution in [2.24, 2.45) is 0 Å². The summed E-state index contributed by atoms with van der Waals surface area (Å²) in [7, 11) is 0. The van der Waals surface area contributed by atoms with Gasteiger partial charge in [0.25, 0.3) is 0 Å². The Hall–Kier alpha value is -2.47. The maximum Gasteiger partial charge on any atom is 0.356 e. The molecule has 6 heteroatoms. The Morgan fingerprint density at radius 1 is 1.24 bits per heavy atom. The molecule has 3 rings (SSSR count). The lowest BCUT2D eigenvalue weighted by atomic mass is 10.1. The number of rotatable bonds is 3. The number of carbonyl (C=O) groups is 1. The molecular weight excluding hydrogens is 270 g/mol. The predicted octanol–water partition coefficient (Wildman–Crippen LogP) is 1.75. The summed E-state index contributed by atoms with van der Waals surface area (Å²) >= 11 is 0. The Balaban J connectivity index is 1.75. The molecule has 21 heavy (non-hydrogen) atoms. The molecule has 1 aliphatic rings. The molecule has 2 heterocycles. The molecule has 1 aromatic carbocycles. The van der Waals surface area contributed by atoms with Crippen molar-refractivity contribution in [2.45, 2.75) is 6.10 Å². The number of ether oxygens (including phenoxy) is 1. The molecule has 1 aromatic heterocycles. The van der Waals surface area contributed by atoms with E-state index in [0.29, 0.717) is 25.5 Å². The highest BCUT2D eigenvalue weighted by Gasteiger charge is 2.23. The van der Waals surface area contributed by atoms with Crippen LogP contribution in [0.25, 0.3) is 0 Å². The van der Waals surface area contributed by atoms with Gasteiger partial charge in [0, 0.05) is 13.1 Å². The number of anilines is 1. The lowest BCUT2D eigenvalue weighted by Gasteiger charge is -2.33. The van der Waals surface area contributed by atoms with Crippen LogP contribution in [0.4, 0.5) is 5.82 Å². The zero-order valence-electron chi connectivity index (χ0n) is 11.3. The molecule has 0 amide bonds. The van der Waals surface area contributed by atoms with Crippen LogP contribution in [0.2, 0.25) is 0 Å². The smallest absolute Gasteiger partial charge is 0.356 e. The standard InChI is InChI=1S/C15H15N3O3/c19-15(20)12-8-17-14(9-16-12)18-6-7-21-13(10-18)11-4-2-1-3-5-11/h1-5,8-9,13H,6-7,10H2,(H,19,20). The van der Waals surface area contributed by atoms with E-state index in [9.17, 15) is 4.79 Å². The van der Waals surface area contributed by atoms with Gasteiger partial charge in [0.1, 0.15) is 11.9 Å². The molecule has 0 saturated carbocycles. The van der Waals surface area contributed by atoms with Gasteiger partial charge in [0.05, 0.1) is 19.0 Å². The summed E-state index contributed by atoms with van der Waals surface area (Å²) in [5, 5.41) is 8.84. The first kappa shape index (κ1) is 13.5. The molecular formula is C15H15N3O3. The van der Waals surface area contributed by atoms with E-state index in [1.807, 2.05) is 30.3 Å². The van der Waals surface area contributed by atoms with Crippen LogP contribution in [0.15, 0.2) is 42.7 Å². The number of aromatic carboxylic acids is 1. The summed E-state index contributed by atoms with van der Waals surface area (Å²) in [4.78, 5) is 20.9. The Kier molecular flexibility index (Phi) is 3.79. The first-order chi connectivity index (χ1) is 10.2. The van der Waals surface area contributed by atoms with Crippen LogP contribution in [0.1, 0.15) is 22.2 Å². The molecule has 1 N–H and O–H groups in total. The first-order valence-electron chi connectivity index (χ1n) is 6.71. The molecule has 0 radical (unpaired) electrons. The van der Waals surface area contributed by atoms with E-state index >= 15 is 0 Å². The first-order valence-corrected chi connectivity index (χ1v) is 6.71. The van der Waals surface area contributed by atoms with Gasteiger partial charge in [0.2, 0.25) is 0 Å². The van der Waals surface area contributed by atoms with Crippen LogP contribution in [0.3, 0.4) is 0 Å². The lowest BCUT2D eigenvalue weighted by Crippen LogP contribution is -2.39. The van der Waals surface area contributed by atoms with Gasteiger partial charge in [-0.2, -0.15) is 0 Å². The molecule has 0 aliphatic carbocycles. The van der Waals surface area contributed by atoms with Crippen LogP contribution in [0, 0.1) is 0 Å². The maximum absolute atomic E-state index is 10.8. The number of carboxylic acid groups (broad SMARTS) is 1. The minimum atomic E-state index is -1.07. The summed E-state index contributed by atoms with van der Waals surface area (Å²) < 4.78 is 5.79. The van der Waals surface area contributed by atoms with E-state index in [2.05, 4.69) is 14.9 Å². The molecule has 2 aromatic rings. The average molecular weight is 285 g/mol.